The zero-order valence-electron chi connectivity index (χ0n) is 11.6. The van der Waals surface area contributed by atoms with E-state index < -0.39 is 0 Å². The Morgan fingerprint density at radius 2 is 1.91 bits per heavy atom. The van der Waals surface area contributed by atoms with Crippen LogP contribution in [0, 0.1) is 34.0 Å². The maximum Gasteiger partial charge on any atom is 0.254 e. The molecule has 2 aliphatic rings. The first-order valence-electron chi connectivity index (χ1n) is 6.83. The molecule has 1 aromatic rings. The van der Waals surface area contributed by atoms with E-state index in [2.05, 4.69) is 5.32 Å². The lowest BCUT2D eigenvalue weighted by atomic mass is 10.1. The van der Waals surface area contributed by atoms with Crippen molar-refractivity contribution >= 4 is 11.6 Å². The van der Waals surface area contributed by atoms with Crippen molar-refractivity contribution in [3.8, 4) is 18.2 Å². The third-order valence-corrected chi connectivity index (χ3v) is 3.78. The third-order valence-electron chi connectivity index (χ3n) is 3.78. The van der Waals surface area contributed by atoms with E-state index in [1.807, 2.05) is 11.0 Å². The minimum absolute atomic E-state index is 0.00410. The number of benzene rings is 1. The molecule has 1 aromatic carbocycles. The molecule has 1 N–H and O–H groups in total. The summed E-state index contributed by atoms with van der Waals surface area (Å²) in [5, 5.41) is 29.4. The van der Waals surface area contributed by atoms with Gasteiger partial charge in [0.25, 0.3) is 5.91 Å². The molecule has 0 bridgehead atoms. The van der Waals surface area contributed by atoms with E-state index >= 15 is 0 Å². The Hall–Kier alpha value is -3.30. The second-order valence-corrected chi connectivity index (χ2v) is 5.25. The van der Waals surface area contributed by atoms with Gasteiger partial charge in [-0.3, -0.25) is 4.79 Å². The summed E-state index contributed by atoms with van der Waals surface area (Å²) in [6.45, 7) is 0.627. The van der Waals surface area contributed by atoms with Crippen LogP contribution in [0.2, 0.25) is 0 Å². The summed E-state index contributed by atoms with van der Waals surface area (Å²) in [6, 6.07) is 10.7. The van der Waals surface area contributed by atoms with Gasteiger partial charge in [0.1, 0.15) is 23.9 Å². The van der Waals surface area contributed by atoms with Gasteiger partial charge in [-0.2, -0.15) is 15.8 Å². The fraction of sp³-hybridized carbons (Fsp3) is 0.250. The van der Waals surface area contributed by atoms with Gasteiger partial charge in [0.15, 0.2) is 5.57 Å². The van der Waals surface area contributed by atoms with Gasteiger partial charge in [0.05, 0.1) is 0 Å². The van der Waals surface area contributed by atoms with E-state index in [0.717, 1.165) is 18.4 Å². The number of rotatable bonds is 3. The van der Waals surface area contributed by atoms with Crippen LogP contribution >= 0.6 is 0 Å². The van der Waals surface area contributed by atoms with E-state index in [4.69, 9.17) is 15.8 Å². The monoisotopic (exact) mass is 289 g/mol. The number of allylic oxidation sites excluding steroid dienone is 2. The maximum absolute atomic E-state index is 12.3. The minimum atomic E-state index is -0.283. The van der Waals surface area contributed by atoms with E-state index in [-0.39, 0.29) is 17.2 Å². The first kappa shape index (κ1) is 13.7. The number of fused-ring (bicyclic) bond motifs is 1. The molecule has 1 saturated carbocycles. The van der Waals surface area contributed by atoms with Gasteiger partial charge in [-0.05, 0) is 30.5 Å². The summed E-state index contributed by atoms with van der Waals surface area (Å²) in [5.41, 5.74) is 1.70. The normalized spacial score (nSPS) is 15.3. The molecule has 1 amide bonds. The van der Waals surface area contributed by atoms with Gasteiger partial charge < -0.3 is 10.2 Å². The Bertz CT molecular complexity index is 798. The average molecular weight is 289 g/mol. The Morgan fingerprint density at radius 1 is 1.18 bits per heavy atom. The maximum atomic E-state index is 12.3. The van der Waals surface area contributed by atoms with Crippen molar-refractivity contribution in [1.29, 1.82) is 15.8 Å². The molecule has 0 spiro atoms. The first-order chi connectivity index (χ1) is 10.7. The summed E-state index contributed by atoms with van der Waals surface area (Å²) in [5.74, 6) is 0.00410. The highest BCUT2D eigenvalue weighted by atomic mass is 16.2. The average Bonchev–Trinajstić information content (AvgIpc) is 3.33. The van der Waals surface area contributed by atoms with E-state index in [0.29, 0.717) is 23.8 Å². The molecule has 0 atom stereocenters. The van der Waals surface area contributed by atoms with Crippen LogP contribution in [0.5, 0.6) is 0 Å². The molecule has 1 aliphatic heterocycles. The predicted molar refractivity (Wildman–Crippen MR) is 76.8 cm³/mol. The quantitative estimate of drug-likeness (QED) is 0.857. The van der Waals surface area contributed by atoms with Crippen molar-refractivity contribution in [2.75, 3.05) is 5.32 Å². The number of nitrogens with zero attached hydrogens (tertiary/aromatic N) is 4. The molecule has 6 nitrogen and oxygen atoms in total. The zero-order chi connectivity index (χ0) is 15.7. The lowest BCUT2D eigenvalue weighted by Crippen LogP contribution is -2.25. The molecule has 0 unspecified atom stereocenters. The summed E-state index contributed by atoms with van der Waals surface area (Å²) < 4.78 is 0. The van der Waals surface area contributed by atoms with Gasteiger partial charge >= 0.3 is 0 Å². The topological polar surface area (TPSA) is 104 Å². The van der Waals surface area contributed by atoms with Gasteiger partial charge in [-0.25, -0.2) is 0 Å². The number of carbonyl (C=O) groups is 1. The summed E-state index contributed by atoms with van der Waals surface area (Å²) in [7, 11) is 0. The second-order valence-electron chi connectivity index (χ2n) is 5.25. The highest BCUT2D eigenvalue weighted by molar-refractivity contribution is 5.99. The fourth-order valence-corrected chi connectivity index (χ4v) is 2.51. The minimum Gasteiger partial charge on any atom is -0.345 e. The largest absolute Gasteiger partial charge is 0.345 e. The van der Waals surface area contributed by atoms with Crippen LogP contribution in [0.1, 0.15) is 28.8 Å². The van der Waals surface area contributed by atoms with Crippen molar-refractivity contribution < 1.29 is 4.79 Å². The number of hydrogen-bond acceptors (Lipinski definition) is 5. The molecule has 6 heteroatoms. The number of carbonyl (C=O) groups excluding carboxylic acids is 1. The molecule has 0 aromatic heterocycles. The Morgan fingerprint density at radius 3 is 2.50 bits per heavy atom. The number of hydrogen-bond donors (Lipinski definition) is 1. The first-order valence-corrected chi connectivity index (χ1v) is 6.83. The van der Waals surface area contributed by atoms with Gasteiger partial charge in [0.2, 0.25) is 0 Å². The molecule has 1 fully saturated rings. The molecule has 0 radical (unpaired) electrons. The molecule has 1 aliphatic carbocycles. The van der Waals surface area contributed by atoms with E-state index in [9.17, 15) is 4.79 Å². The van der Waals surface area contributed by atoms with Crippen molar-refractivity contribution in [2.24, 2.45) is 0 Å². The van der Waals surface area contributed by atoms with Gasteiger partial charge in [-0.15, -0.1) is 0 Å². The molecular formula is C16H11N5O. The van der Waals surface area contributed by atoms with Crippen molar-refractivity contribution in [3.63, 3.8) is 0 Å². The molecule has 1 heterocycles. The van der Waals surface area contributed by atoms with E-state index in [1.54, 1.807) is 30.3 Å². The second kappa shape index (κ2) is 5.24. The van der Waals surface area contributed by atoms with Crippen LogP contribution in [0.15, 0.2) is 29.5 Å². The number of anilines is 1. The molecule has 0 saturated heterocycles. The molecular weight excluding hydrogens is 278 g/mol. The summed E-state index contributed by atoms with van der Waals surface area (Å²) >= 11 is 0. The zero-order valence-corrected chi connectivity index (χ0v) is 11.6. The Kier molecular flexibility index (Phi) is 3.26. The van der Waals surface area contributed by atoms with E-state index in [1.165, 1.54) is 0 Å². The third kappa shape index (κ3) is 2.26. The van der Waals surface area contributed by atoms with Crippen LogP contribution in [0.3, 0.4) is 0 Å². The van der Waals surface area contributed by atoms with Crippen LogP contribution in [-0.4, -0.2) is 16.8 Å². The van der Waals surface area contributed by atoms with Gasteiger partial charge in [-0.1, -0.05) is 6.07 Å². The Balaban J connectivity index is 1.89. The molecule has 22 heavy (non-hydrogen) atoms. The lowest BCUT2D eigenvalue weighted by Gasteiger charge is -2.13. The van der Waals surface area contributed by atoms with Gasteiger partial charge in [0, 0.05) is 23.8 Å². The summed E-state index contributed by atoms with van der Waals surface area (Å²) in [4.78, 5) is 14.2. The Labute approximate surface area is 127 Å². The standard InChI is InChI=1S/C16H11N5O/c17-6-11(7-18)15(8-19)20-12-2-1-10-9-21(13-3-4-13)16(22)14(10)5-12/h1-2,5,13,20H,3-4,9H2. The van der Waals surface area contributed by atoms with Crippen LogP contribution in [0.4, 0.5) is 5.69 Å². The highest BCUT2D eigenvalue weighted by Gasteiger charge is 2.38. The fourth-order valence-electron chi connectivity index (χ4n) is 2.51. The number of nitrogens with one attached hydrogen (secondary N) is 1. The van der Waals surface area contributed by atoms with Crippen molar-refractivity contribution in [2.45, 2.75) is 25.4 Å². The molecule has 3 rings (SSSR count). The van der Waals surface area contributed by atoms with Crippen molar-refractivity contribution in [3.05, 3.63) is 40.6 Å². The van der Waals surface area contributed by atoms with Crippen LogP contribution < -0.4 is 5.32 Å². The van der Waals surface area contributed by atoms with Crippen LogP contribution in [0.25, 0.3) is 0 Å². The summed E-state index contributed by atoms with van der Waals surface area (Å²) in [6.07, 6.45) is 2.11. The lowest BCUT2D eigenvalue weighted by molar-refractivity contribution is 0.0766. The number of amides is 1. The van der Waals surface area contributed by atoms with Crippen molar-refractivity contribution in [1.82, 2.24) is 4.90 Å². The predicted octanol–water partition coefficient (Wildman–Crippen LogP) is 2.04. The number of nitriles is 3. The smallest absolute Gasteiger partial charge is 0.254 e. The molecule has 106 valence electrons. The van der Waals surface area contributed by atoms with Crippen LogP contribution in [-0.2, 0) is 6.54 Å². The SMILES string of the molecule is N#CC(C#N)=C(C#N)Nc1ccc2c(c1)C(=O)N(C1CC1)C2. The highest BCUT2D eigenvalue weighted by Crippen LogP contribution is 2.35.